The van der Waals surface area contributed by atoms with Crippen molar-refractivity contribution < 1.29 is 0 Å². The first-order valence-electron chi connectivity index (χ1n) is 6.22. The van der Waals surface area contributed by atoms with Crippen molar-refractivity contribution in [3.63, 3.8) is 0 Å². The molecule has 2 rings (SSSR count). The van der Waals surface area contributed by atoms with Crippen molar-refractivity contribution >= 4 is 17.4 Å². The van der Waals surface area contributed by atoms with Crippen LogP contribution in [0.4, 0.5) is 5.82 Å². The van der Waals surface area contributed by atoms with E-state index in [1.165, 1.54) is 11.1 Å². The highest BCUT2D eigenvalue weighted by Crippen LogP contribution is 2.26. The Balaban J connectivity index is 2.20. The summed E-state index contributed by atoms with van der Waals surface area (Å²) in [6, 6.07) is 10.3. The molecule has 0 spiro atoms. The van der Waals surface area contributed by atoms with E-state index in [2.05, 4.69) is 36.2 Å². The lowest BCUT2D eigenvalue weighted by Gasteiger charge is -2.20. The second-order valence-corrected chi connectivity index (χ2v) is 5.03. The molecule has 4 heteroatoms. The van der Waals surface area contributed by atoms with Crippen molar-refractivity contribution in [1.29, 1.82) is 0 Å². The molecular weight excluding hydrogens is 258 g/mol. The zero-order valence-electron chi connectivity index (χ0n) is 11.2. The minimum absolute atomic E-state index is 0.423. The molecule has 0 unspecified atom stereocenters. The highest BCUT2D eigenvalue weighted by atomic mass is 35.5. The Kier molecular flexibility index (Phi) is 4.40. The first-order chi connectivity index (χ1) is 9.11. The van der Waals surface area contributed by atoms with Gasteiger partial charge in [-0.25, -0.2) is 4.98 Å². The molecule has 0 aliphatic carbocycles. The number of anilines is 1. The summed E-state index contributed by atoms with van der Waals surface area (Å²) in [5, 5.41) is 0.639. The summed E-state index contributed by atoms with van der Waals surface area (Å²) >= 11 is 6.31. The normalized spacial score (nSPS) is 10.5. The van der Waals surface area contributed by atoms with Gasteiger partial charge in [-0.15, -0.1) is 0 Å². The van der Waals surface area contributed by atoms with Gasteiger partial charge in [0, 0.05) is 26.3 Å². The largest absolute Gasteiger partial charge is 0.354 e. The van der Waals surface area contributed by atoms with Gasteiger partial charge in [0.15, 0.2) is 0 Å². The minimum Gasteiger partial charge on any atom is -0.354 e. The van der Waals surface area contributed by atoms with E-state index in [-0.39, 0.29) is 0 Å². The van der Waals surface area contributed by atoms with Crippen LogP contribution in [-0.4, -0.2) is 12.0 Å². The molecule has 0 aliphatic heterocycles. The number of hydrogen-bond donors (Lipinski definition) is 1. The molecule has 0 radical (unpaired) electrons. The number of pyridine rings is 1. The number of hydrogen-bond acceptors (Lipinski definition) is 3. The van der Waals surface area contributed by atoms with E-state index in [0.29, 0.717) is 11.6 Å². The molecule has 3 nitrogen and oxygen atoms in total. The molecule has 0 bridgehead atoms. The summed E-state index contributed by atoms with van der Waals surface area (Å²) in [5.41, 5.74) is 9.06. The second-order valence-electron chi connectivity index (χ2n) is 4.65. The zero-order chi connectivity index (χ0) is 13.8. The third-order valence-corrected chi connectivity index (χ3v) is 3.48. The maximum Gasteiger partial charge on any atom is 0.147 e. The smallest absolute Gasteiger partial charge is 0.147 e. The molecule has 0 amide bonds. The molecule has 2 N–H and O–H groups in total. The number of rotatable bonds is 4. The lowest BCUT2D eigenvalue weighted by Crippen LogP contribution is -2.18. The number of nitrogens with zero attached hydrogens (tertiary/aromatic N) is 2. The van der Waals surface area contributed by atoms with E-state index in [9.17, 15) is 0 Å². The lowest BCUT2D eigenvalue weighted by atomic mass is 10.1. The van der Waals surface area contributed by atoms with Crippen LogP contribution in [0.1, 0.15) is 16.7 Å². The molecule has 2 aromatic rings. The van der Waals surface area contributed by atoms with E-state index < -0.39 is 0 Å². The fraction of sp³-hybridized carbons (Fsp3) is 0.267. The minimum atomic E-state index is 0.423. The summed E-state index contributed by atoms with van der Waals surface area (Å²) < 4.78 is 0. The van der Waals surface area contributed by atoms with Crippen LogP contribution in [0.3, 0.4) is 0 Å². The number of nitrogens with two attached hydrogens (primary N) is 1. The number of aromatic nitrogens is 1. The van der Waals surface area contributed by atoms with E-state index in [1.54, 1.807) is 6.20 Å². The Morgan fingerprint density at radius 1 is 1.21 bits per heavy atom. The van der Waals surface area contributed by atoms with Gasteiger partial charge in [-0.05, 0) is 24.1 Å². The van der Waals surface area contributed by atoms with Crippen molar-refractivity contribution in [1.82, 2.24) is 4.98 Å². The molecule has 0 fully saturated rings. The molecule has 1 heterocycles. The summed E-state index contributed by atoms with van der Waals surface area (Å²) in [4.78, 5) is 6.37. The van der Waals surface area contributed by atoms with Gasteiger partial charge in [0.25, 0.3) is 0 Å². The topological polar surface area (TPSA) is 42.2 Å². The average Bonchev–Trinajstić information content (AvgIpc) is 2.41. The van der Waals surface area contributed by atoms with Crippen LogP contribution in [0.15, 0.2) is 36.5 Å². The summed E-state index contributed by atoms with van der Waals surface area (Å²) in [6.45, 7) is 3.27. The molecule has 19 heavy (non-hydrogen) atoms. The van der Waals surface area contributed by atoms with Crippen LogP contribution in [0, 0.1) is 6.92 Å². The Labute approximate surface area is 119 Å². The van der Waals surface area contributed by atoms with Crippen LogP contribution in [-0.2, 0) is 13.1 Å². The predicted molar refractivity (Wildman–Crippen MR) is 80.4 cm³/mol. The third-order valence-electron chi connectivity index (χ3n) is 3.07. The van der Waals surface area contributed by atoms with Crippen molar-refractivity contribution in [2.75, 3.05) is 11.9 Å². The quantitative estimate of drug-likeness (QED) is 0.932. The van der Waals surface area contributed by atoms with E-state index in [1.807, 2.05) is 18.0 Å². The third kappa shape index (κ3) is 3.25. The Morgan fingerprint density at radius 2 is 1.89 bits per heavy atom. The monoisotopic (exact) mass is 275 g/mol. The van der Waals surface area contributed by atoms with Crippen LogP contribution in [0.5, 0.6) is 0 Å². The van der Waals surface area contributed by atoms with Crippen LogP contribution < -0.4 is 10.6 Å². The summed E-state index contributed by atoms with van der Waals surface area (Å²) in [7, 11) is 1.98. The maximum atomic E-state index is 6.31. The number of benzene rings is 1. The Morgan fingerprint density at radius 3 is 2.53 bits per heavy atom. The van der Waals surface area contributed by atoms with Gasteiger partial charge in [-0.3, -0.25) is 0 Å². The highest BCUT2D eigenvalue weighted by Gasteiger charge is 2.11. The van der Waals surface area contributed by atoms with E-state index in [0.717, 1.165) is 17.9 Å². The number of aryl methyl sites for hydroxylation is 1. The van der Waals surface area contributed by atoms with Crippen molar-refractivity contribution in [3.8, 4) is 0 Å². The average molecular weight is 276 g/mol. The van der Waals surface area contributed by atoms with Gasteiger partial charge < -0.3 is 10.6 Å². The fourth-order valence-corrected chi connectivity index (χ4v) is 2.27. The van der Waals surface area contributed by atoms with Gasteiger partial charge in [-0.2, -0.15) is 0 Å². The fourth-order valence-electron chi connectivity index (χ4n) is 1.94. The Hall–Kier alpha value is -1.58. The first-order valence-corrected chi connectivity index (χ1v) is 6.59. The SMILES string of the molecule is Cc1ccc(CN(C)c2nccc(CN)c2Cl)cc1. The van der Waals surface area contributed by atoms with Crippen molar-refractivity contribution in [3.05, 3.63) is 58.2 Å². The molecular formula is C15H18ClN3. The highest BCUT2D eigenvalue weighted by molar-refractivity contribution is 6.33. The predicted octanol–water partition coefficient (Wildman–Crippen LogP) is 3.14. The van der Waals surface area contributed by atoms with Gasteiger partial charge in [0.05, 0.1) is 5.02 Å². The summed E-state index contributed by atoms with van der Waals surface area (Å²) in [5.74, 6) is 0.769. The first kappa shape index (κ1) is 13.8. The van der Waals surface area contributed by atoms with Crippen LogP contribution in [0.2, 0.25) is 5.02 Å². The van der Waals surface area contributed by atoms with Gasteiger partial charge in [-0.1, -0.05) is 41.4 Å². The van der Waals surface area contributed by atoms with Crippen molar-refractivity contribution in [2.24, 2.45) is 5.73 Å². The molecule has 1 aromatic heterocycles. The Bertz CT molecular complexity index is 552. The van der Waals surface area contributed by atoms with Gasteiger partial charge in [0.2, 0.25) is 0 Å². The van der Waals surface area contributed by atoms with Crippen molar-refractivity contribution in [2.45, 2.75) is 20.0 Å². The zero-order valence-corrected chi connectivity index (χ0v) is 12.0. The maximum absolute atomic E-state index is 6.31. The standard InChI is InChI=1S/C15H18ClN3/c1-11-3-5-12(6-4-11)10-19(2)15-14(16)13(9-17)7-8-18-15/h3-8H,9-10,17H2,1-2H3. The molecule has 1 aromatic carbocycles. The van der Waals surface area contributed by atoms with E-state index >= 15 is 0 Å². The molecule has 0 saturated carbocycles. The van der Waals surface area contributed by atoms with Gasteiger partial charge >= 0.3 is 0 Å². The van der Waals surface area contributed by atoms with Gasteiger partial charge in [0.1, 0.15) is 5.82 Å². The second kappa shape index (κ2) is 6.04. The van der Waals surface area contributed by atoms with Crippen LogP contribution in [0.25, 0.3) is 0 Å². The molecule has 0 atom stereocenters. The van der Waals surface area contributed by atoms with E-state index in [4.69, 9.17) is 17.3 Å². The molecule has 0 aliphatic rings. The van der Waals surface area contributed by atoms with Crippen LogP contribution >= 0.6 is 11.6 Å². The molecule has 100 valence electrons. The molecule has 0 saturated heterocycles. The lowest BCUT2D eigenvalue weighted by molar-refractivity contribution is 0.892. The number of halogens is 1. The summed E-state index contributed by atoms with van der Waals surface area (Å²) in [6.07, 6.45) is 1.75.